The van der Waals surface area contributed by atoms with Crippen LogP contribution in [0.15, 0.2) is 140 Å². The predicted octanol–water partition coefficient (Wildman–Crippen LogP) is 15.6. The van der Waals surface area contributed by atoms with Crippen LogP contribution in [-0.4, -0.2) is 9.55 Å². The van der Waals surface area contributed by atoms with Crippen LogP contribution in [0.4, 0.5) is 22.7 Å². The van der Waals surface area contributed by atoms with Crippen molar-refractivity contribution >= 4 is 44.6 Å². The second-order valence-electron chi connectivity index (χ2n) is 20.4. The molecule has 0 amide bonds. The van der Waals surface area contributed by atoms with Gasteiger partial charge in [-0.15, -0.1) is 48.1 Å². The van der Waals surface area contributed by atoms with Gasteiger partial charge in [0, 0.05) is 45.7 Å². The van der Waals surface area contributed by atoms with E-state index in [1.54, 1.807) is 0 Å². The average molecular weight is 1020 g/mol. The molecule has 9 rings (SSSR count). The van der Waals surface area contributed by atoms with E-state index < -0.39 is 0 Å². The Balaban J connectivity index is 0.00000306. The van der Waals surface area contributed by atoms with Gasteiger partial charge in [-0.3, -0.25) is 0 Å². The number of pyridine rings is 1. The molecule has 0 N–H and O–H groups in total. The molecule has 0 aliphatic carbocycles. The van der Waals surface area contributed by atoms with Gasteiger partial charge in [0.25, 0.3) is 0 Å². The van der Waals surface area contributed by atoms with Crippen molar-refractivity contribution in [2.24, 2.45) is 0 Å². The molecule has 5 nitrogen and oxygen atoms in total. The Morgan fingerprint density at radius 1 is 0.516 bits per heavy atom. The summed E-state index contributed by atoms with van der Waals surface area (Å²) in [5.74, 6) is 2.07. The zero-order valence-electron chi connectivity index (χ0n) is 39.4. The van der Waals surface area contributed by atoms with Crippen molar-refractivity contribution in [1.29, 1.82) is 0 Å². The molecular formula is C58H60N4OPt. The van der Waals surface area contributed by atoms with Crippen LogP contribution in [0, 0.1) is 26.2 Å². The SMILES string of the molecule is CC(C)(C)c1cc(N2[CH-]N(c3[c-]c(Oc4[c-]c5c(cc4)c4ccccc4n5-c4cc(C(C)(C)C)ccn4)ccc3)c3ccc(C(C)(C)c4ccccc4)cc32)cc(C(C)(C)C)c1.[CH3-].[Pt+4]. The van der Waals surface area contributed by atoms with Crippen molar-refractivity contribution in [2.75, 3.05) is 9.80 Å². The van der Waals surface area contributed by atoms with E-state index in [0.29, 0.717) is 11.5 Å². The van der Waals surface area contributed by atoms with Crippen LogP contribution in [0.1, 0.15) is 104 Å². The molecule has 3 heterocycles. The van der Waals surface area contributed by atoms with Crippen LogP contribution in [-0.2, 0) is 42.7 Å². The Bertz CT molecular complexity index is 2930. The minimum atomic E-state index is -0.214. The summed E-state index contributed by atoms with van der Waals surface area (Å²) in [6.07, 6.45) is 1.90. The van der Waals surface area contributed by atoms with E-state index in [-0.39, 0.29) is 50.2 Å². The van der Waals surface area contributed by atoms with Crippen LogP contribution in [0.25, 0.3) is 27.6 Å². The van der Waals surface area contributed by atoms with Crippen LogP contribution in [0.2, 0.25) is 0 Å². The number of fused-ring (bicyclic) bond motifs is 4. The smallest absolute Gasteiger partial charge is 0.509 e. The molecule has 0 saturated carbocycles. The number of anilines is 4. The third-order valence-electron chi connectivity index (χ3n) is 12.5. The van der Waals surface area contributed by atoms with Crippen molar-refractivity contribution in [1.82, 2.24) is 9.55 Å². The van der Waals surface area contributed by atoms with Gasteiger partial charge < -0.3 is 26.5 Å². The van der Waals surface area contributed by atoms with Crippen LogP contribution < -0.4 is 14.5 Å². The minimum Gasteiger partial charge on any atom is -0.509 e. The van der Waals surface area contributed by atoms with Crippen LogP contribution in [0.5, 0.6) is 11.5 Å². The largest absolute Gasteiger partial charge is 4.00 e. The molecule has 0 unspecified atom stereocenters. The maximum atomic E-state index is 6.67. The summed E-state index contributed by atoms with van der Waals surface area (Å²) in [6, 6.07) is 55.1. The molecule has 0 atom stereocenters. The standard InChI is InChI=1S/C57H57N4O.CH3.Pt/c1-54(2,3)39-28-29-58-53(34-39)61-49-23-16-15-22-47(49)48-26-25-46(36-51(48)61)62-45-21-17-20-43(35-45)59-37-60(44-31-41(55(4,5)6)30-42(32-44)56(7,8)9)52-33-40(24-27-50(52)59)57(10,11)38-18-13-12-14-19-38;;/h12-34,37H,1-11H3;1H3;/q-3;-1;+4. The summed E-state index contributed by atoms with van der Waals surface area (Å²) >= 11 is 0. The number of para-hydroxylation sites is 1. The summed E-state index contributed by atoms with van der Waals surface area (Å²) in [4.78, 5) is 9.45. The van der Waals surface area contributed by atoms with Gasteiger partial charge in [0.1, 0.15) is 5.82 Å². The van der Waals surface area contributed by atoms with Crippen LogP contribution in [0.3, 0.4) is 0 Å². The molecule has 0 fully saturated rings. The number of nitrogens with zero attached hydrogens (tertiary/aromatic N) is 4. The van der Waals surface area contributed by atoms with Gasteiger partial charge in [-0.25, -0.2) is 4.98 Å². The Hall–Kier alpha value is -5.64. The van der Waals surface area contributed by atoms with Crippen molar-refractivity contribution < 1.29 is 25.8 Å². The van der Waals surface area contributed by atoms with Gasteiger partial charge in [0.2, 0.25) is 0 Å². The van der Waals surface area contributed by atoms with Gasteiger partial charge in [-0.2, -0.15) is 12.1 Å². The number of hydrogen-bond acceptors (Lipinski definition) is 4. The Labute approximate surface area is 396 Å². The van der Waals surface area contributed by atoms with E-state index in [2.05, 4.69) is 225 Å². The number of benzene rings is 6. The zero-order valence-corrected chi connectivity index (χ0v) is 41.6. The minimum absolute atomic E-state index is 0. The third-order valence-corrected chi connectivity index (χ3v) is 12.5. The van der Waals surface area contributed by atoms with Gasteiger partial charge in [0.05, 0.1) is 0 Å². The van der Waals surface area contributed by atoms with Crippen molar-refractivity contribution in [3.05, 3.63) is 194 Å². The fourth-order valence-electron chi connectivity index (χ4n) is 8.52. The normalized spacial score (nSPS) is 13.2. The summed E-state index contributed by atoms with van der Waals surface area (Å²) in [5.41, 5.74) is 12.3. The maximum Gasteiger partial charge on any atom is 4.00 e. The molecule has 64 heavy (non-hydrogen) atoms. The van der Waals surface area contributed by atoms with Gasteiger partial charge in [-0.05, 0) is 91.9 Å². The van der Waals surface area contributed by atoms with Gasteiger partial charge in [0.15, 0.2) is 0 Å². The van der Waals surface area contributed by atoms with E-state index in [1.165, 1.54) is 27.8 Å². The van der Waals surface area contributed by atoms with E-state index in [1.807, 2.05) is 24.4 Å². The summed E-state index contributed by atoms with van der Waals surface area (Å²) < 4.78 is 8.87. The van der Waals surface area contributed by atoms with Crippen LogP contribution >= 0.6 is 0 Å². The molecule has 0 saturated heterocycles. The number of aromatic nitrogens is 2. The van der Waals surface area contributed by atoms with Gasteiger partial charge >= 0.3 is 21.1 Å². The second-order valence-corrected chi connectivity index (χ2v) is 20.4. The summed E-state index contributed by atoms with van der Waals surface area (Å²) in [5, 5.41) is 2.24. The molecule has 8 aromatic rings. The van der Waals surface area contributed by atoms with Crippen molar-refractivity contribution in [3.8, 4) is 17.3 Å². The fraction of sp³-hybridized carbons (Fsp3) is 0.259. The Morgan fingerprint density at radius 2 is 1.17 bits per heavy atom. The quantitative estimate of drug-likeness (QED) is 0.149. The van der Waals surface area contributed by atoms with Crippen molar-refractivity contribution in [3.63, 3.8) is 0 Å². The molecule has 2 aromatic heterocycles. The molecule has 0 bridgehead atoms. The summed E-state index contributed by atoms with van der Waals surface area (Å²) in [6.45, 7) is 27.3. The van der Waals surface area contributed by atoms with E-state index in [9.17, 15) is 0 Å². The first kappa shape index (κ1) is 46.4. The predicted molar refractivity (Wildman–Crippen MR) is 265 cm³/mol. The second kappa shape index (κ2) is 17.1. The first-order valence-electron chi connectivity index (χ1n) is 21.8. The zero-order chi connectivity index (χ0) is 43.8. The molecule has 328 valence electrons. The van der Waals surface area contributed by atoms with E-state index in [0.717, 1.165) is 50.4 Å². The van der Waals surface area contributed by atoms with Crippen molar-refractivity contribution in [2.45, 2.75) is 97.8 Å². The Morgan fingerprint density at radius 3 is 1.86 bits per heavy atom. The molecular weight excluding hydrogens is 964 g/mol. The Kier molecular flexibility index (Phi) is 12.4. The molecule has 6 heteroatoms. The number of ether oxygens (including phenoxy) is 1. The molecule has 6 aromatic carbocycles. The first-order valence-corrected chi connectivity index (χ1v) is 21.8. The molecule has 1 aliphatic heterocycles. The van der Waals surface area contributed by atoms with E-state index in [4.69, 9.17) is 9.72 Å². The average Bonchev–Trinajstić information content (AvgIpc) is 3.79. The monoisotopic (exact) mass is 1020 g/mol. The van der Waals surface area contributed by atoms with E-state index >= 15 is 0 Å². The maximum absolute atomic E-state index is 6.67. The van der Waals surface area contributed by atoms with Gasteiger partial charge in [-0.1, -0.05) is 142 Å². The molecule has 1 aliphatic rings. The molecule has 0 spiro atoms. The summed E-state index contributed by atoms with van der Waals surface area (Å²) in [7, 11) is 0. The molecule has 0 radical (unpaired) electrons. The third kappa shape index (κ3) is 8.64. The topological polar surface area (TPSA) is 33.5 Å². The number of hydrogen-bond donors (Lipinski definition) is 0. The fourth-order valence-corrected chi connectivity index (χ4v) is 8.52. The first-order chi connectivity index (χ1) is 29.4. The number of rotatable bonds is 7.